The molecule has 1 fully saturated rings. The van der Waals surface area contributed by atoms with Crippen LogP contribution < -0.4 is 0 Å². The molecule has 0 aliphatic carbocycles. The monoisotopic (exact) mass is 303 g/mol. The Labute approximate surface area is 123 Å². The summed E-state index contributed by atoms with van der Waals surface area (Å²) in [7, 11) is 2.43. The predicted octanol–water partition coefficient (Wildman–Crippen LogP) is 1.03. The predicted molar refractivity (Wildman–Crippen MR) is 70.0 cm³/mol. The van der Waals surface area contributed by atoms with Gasteiger partial charge in [-0.25, -0.2) is 14.4 Å². The summed E-state index contributed by atoms with van der Waals surface area (Å²) in [6.45, 7) is 5.04. The molecule has 2 atom stereocenters. The second-order valence-electron chi connectivity index (χ2n) is 5.54. The quantitative estimate of drug-likeness (QED) is 0.555. The molecule has 0 aromatic carbocycles. The van der Waals surface area contributed by atoms with Gasteiger partial charge in [0.2, 0.25) is 0 Å². The van der Waals surface area contributed by atoms with Gasteiger partial charge in [0, 0.05) is 0 Å². The zero-order valence-corrected chi connectivity index (χ0v) is 12.9. The third-order valence-electron chi connectivity index (χ3n) is 2.74. The Balaban J connectivity index is 2.90. The highest BCUT2D eigenvalue weighted by atomic mass is 16.8. The number of carbonyl (C=O) groups excluding carboxylic acids is 3. The van der Waals surface area contributed by atoms with Gasteiger partial charge in [0.1, 0.15) is 5.60 Å². The Morgan fingerprint density at radius 3 is 2.10 bits per heavy atom. The van der Waals surface area contributed by atoms with Crippen LogP contribution in [0.4, 0.5) is 4.79 Å². The molecule has 0 aromatic heterocycles. The van der Waals surface area contributed by atoms with E-state index in [1.165, 1.54) is 14.2 Å². The Morgan fingerprint density at radius 2 is 1.62 bits per heavy atom. The number of esters is 2. The lowest BCUT2D eigenvalue weighted by molar-refractivity contribution is -0.237. The fourth-order valence-corrected chi connectivity index (χ4v) is 1.81. The number of nitrogens with zero attached hydrogens (tertiary/aromatic N) is 1. The number of ether oxygens (including phenoxy) is 3. The minimum absolute atomic E-state index is 0.214. The molecule has 1 rings (SSSR count). The molecule has 1 saturated heterocycles. The highest BCUT2D eigenvalue weighted by molar-refractivity contribution is 5.82. The number of rotatable bonds is 2. The molecule has 0 bridgehead atoms. The van der Waals surface area contributed by atoms with Gasteiger partial charge in [-0.15, -0.1) is 0 Å². The largest absolute Gasteiger partial charge is 0.467 e. The van der Waals surface area contributed by atoms with E-state index in [1.54, 1.807) is 20.8 Å². The second-order valence-corrected chi connectivity index (χ2v) is 5.54. The van der Waals surface area contributed by atoms with Crippen LogP contribution in [0.2, 0.25) is 0 Å². The van der Waals surface area contributed by atoms with Crippen molar-refractivity contribution < 1.29 is 33.4 Å². The third kappa shape index (κ3) is 4.59. The number of hydroxylamine groups is 2. The van der Waals surface area contributed by atoms with Gasteiger partial charge in [-0.1, -0.05) is 0 Å². The lowest BCUT2D eigenvalue weighted by atomic mass is 10.1. The smallest absolute Gasteiger partial charge is 0.435 e. The Kier molecular flexibility index (Phi) is 5.54. The molecule has 0 spiro atoms. The summed E-state index contributed by atoms with van der Waals surface area (Å²) >= 11 is 0. The van der Waals surface area contributed by atoms with Gasteiger partial charge in [0.05, 0.1) is 14.2 Å². The van der Waals surface area contributed by atoms with Gasteiger partial charge in [0.15, 0.2) is 12.1 Å². The molecule has 0 unspecified atom stereocenters. The molecule has 1 aliphatic heterocycles. The topological polar surface area (TPSA) is 91.4 Å². The summed E-state index contributed by atoms with van der Waals surface area (Å²) in [5.74, 6) is -1.25. The molecule has 0 aromatic rings. The third-order valence-corrected chi connectivity index (χ3v) is 2.74. The zero-order chi connectivity index (χ0) is 16.2. The van der Waals surface area contributed by atoms with Crippen molar-refractivity contribution in [2.75, 3.05) is 14.2 Å². The first-order valence-electron chi connectivity index (χ1n) is 6.54. The molecule has 0 radical (unpaired) electrons. The van der Waals surface area contributed by atoms with Gasteiger partial charge in [-0.2, -0.15) is 5.06 Å². The summed E-state index contributed by atoms with van der Waals surface area (Å²) in [5, 5.41) is 0.752. The highest BCUT2D eigenvalue weighted by Crippen LogP contribution is 2.24. The fourth-order valence-electron chi connectivity index (χ4n) is 1.81. The van der Waals surface area contributed by atoms with Crippen molar-refractivity contribution >= 4 is 18.0 Å². The van der Waals surface area contributed by atoms with E-state index in [2.05, 4.69) is 9.47 Å². The normalized spacial score (nSPS) is 22.4. The minimum Gasteiger partial charge on any atom is -0.467 e. The van der Waals surface area contributed by atoms with E-state index in [0.717, 1.165) is 5.06 Å². The van der Waals surface area contributed by atoms with E-state index in [1.807, 2.05) is 0 Å². The number of carbonyl (C=O) groups is 3. The van der Waals surface area contributed by atoms with E-state index in [4.69, 9.17) is 9.57 Å². The first-order valence-corrected chi connectivity index (χ1v) is 6.54. The molecule has 8 heteroatoms. The standard InChI is InChI=1S/C13H21NO7/c1-13(2,3)20-12(17)14-8(10(15)18-4)6-7-9(21-14)11(16)19-5/h8-9H,6-7H2,1-5H3/t8-,9+/m1/s1. The van der Waals surface area contributed by atoms with Gasteiger partial charge < -0.3 is 14.2 Å². The summed E-state index contributed by atoms with van der Waals surface area (Å²) in [6.07, 6.45) is -1.35. The Bertz CT molecular complexity index is 415. The molecule has 1 heterocycles. The lowest BCUT2D eigenvalue weighted by Crippen LogP contribution is -2.54. The zero-order valence-electron chi connectivity index (χ0n) is 12.9. The van der Waals surface area contributed by atoms with Crippen LogP contribution in [0.3, 0.4) is 0 Å². The molecule has 1 amide bonds. The van der Waals surface area contributed by atoms with Crippen LogP contribution in [0.1, 0.15) is 33.6 Å². The van der Waals surface area contributed by atoms with Gasteiger partial charge in [-0.05, 0) is 33.6 Å². The number of amides is 1. The SMILES string of the molecule is COC(=O)[C@@H]1CC[C@H](C(=O)OC)N(C(=O)OC(C)(C)C)O1. The van der Waals surface area contributed by atoms with Crippen molar-refractivity contribution in [1.29, 1.82) is 0 Å². The van der Waals surface area contributed by atoms with Crippen LogP contribution in [-0.4, -0.2) is 55.1 Å². The molecule has 8 nitrogen and oxygen atoms in total. The average Bonchev–Trinajstić information content (AvgIpc) is 2.43. The molecule has 0 saturated carbocycles. The molecule has 1 aliphatic rings. The maximum absolute atomic E-state index is 12.1. The van der Waals surface area contributed by atoms with Crippen LogP contribution in [0, 0.1) is 0 Å². The molecular formula is C13H21NO7. The van der Waals surface area contributed by atoms with Gasteiger partial charge in [0.25, 0.3) is 0 Å². The summed E-state index contributed by atoms with van der Waals surface area (Å²) in [6, 6.07) is -0.953. The first-order chi connectivity index (χ1) is 9.69. The summed E-state index contributed by atoms with van der Waals surface area (Å²) < 4.78 is 14.4. The number of hydrogen-bond acceptors (Lipinski definition) is 7. The maximum Gasteiger partial charge on any atom is 0.435 e. The number of hydrogen-bond donors (Lipinski definition) is 0. The second kappa shape index (κ2) is 6.75. The van der Waals surface area contributed by atoms with Crippen molar-refractivity contribution in [1.82, 2.24) is 5.06 Å². The van der Waals surface area contributed by atoms with E-state index in [9.17, 15) is 14.4 Å². The van der Waals surface area contributed by atoms with Crippen LogP contribution in [0.15, 0.2) is 0 Å². The molecule has 21 heavy (non-hydrogen) atoms. The number of methoxy groups -OCH3 is 2. The lowest BCUT2D eigenvalue weighted by Gasteiger charge is -2.36. The van der Waals surface area contributed by atoms with Crippen LogP contribution in [0.25, 0.3) is 0 Å². The molecule has 0 N–H and O–H groups in total. The van der Waals surface area contributed by atoms with Crippen LogP contribution in [-0.2, 0) is 28.6 Å². The van der Waals surface area contributed by atoms with Gasteiger partial charge in [-0.3, -0.25) is 4.84 Å². The highest BCUT2D eigenvalue weighted by Gasteiger charge is 2.42. The summed E-state index contributed by atoms with van der Waals surface area (Å²) in [5.41, 5.74) is -0.765. The molecule has 120 valence electrons. The van der Waals surface area contributed by atoms with E-state index in [0.29, 0.717) is 0 Å². The Morgan fingerprint density at radius 1 is 1.05 bits per heavy atom. The van der Waals surface area contributed by atoms with E-state index < -0.39 is 35.8 Å². The maximum atomic E-state index is 12.1. The van der Waals surface area contributed by atoms with E-state index >= 15 is 0 Å². The Hall–Kier alpha value is -1.83. The van der Waals surface area contributed by atoms with Crippen molar-refractivity contribution in [2.45, 2.75) is 51.4 Å². The van der Waals surface area contributed by atoms with Crippen LogP contribution >= 0.6 is 0 Å². The molecular weight excluding hydrogens is 282 g/mol. The van der Waals surface area contributed by atoms with Crippen molar-refractivity contribution in [3.8, 4) is 0 Å². The van der Waals surface area contributed by atoms with Crippen molar-refractivity contribution in [3.05, 3.63) is 0 Å². The van der Waals surface area contributed by atoms with E-state index in [-0.39, 0.29) is 12.8 Å². The average molecular weight is 303 g/mol. The van der Waals surface area contributed by atoms with Crippen LogP contribution in [0.5, 0.6) is 0 Å². The summed E-state index contributed by atoms with van der Waals surface area (Å²) in [4.78, 5) is 40.6. The minimum atomic E-state index is -0.955. The fraction of sp³-hybridized carbons (Fsp3) is 0.769. The van der Waals surface area contributed by atoms with Gasteiger partial charge >= 0.3 is 18.0 Å². The van der Waals surface area contributed by atoms with Crippen molar-refractivity contribution in [3.63, 3.8) is 0 Å². The van der Waals surface area contributed by atoms with Crippen molar-refractivity contribution in [2.24, 2.45) is 0 Å². The first kappa shape index (κ1) is 17.2.